The third-order valence-electron chi connectivity index (χ3n) is 3.33. The predicted octanol–water partition coefficient (Wildman–Crippen LogP) is 4.22. The van der Waals surface area contributed by atoms with Crippen molar-refractivity contribution in [2.75, 3.05) is 6.61 Å². The van der Waals surface area contributed by atoms with E-state index in [1.54, 1.807) is 6.07 Å². The van der Waals surface area contributed by atoms with Crippen LogP contribution in [0.1, 0.15) is 22.6 Å². The van der Waals surface area contributed by atoms with E-state index in [1.165, 1.54) is 12.1 Å². The Morgan fingerprint density at radius 1 is 1.16 bits per heavy atom. The molecule has 0 saturated heterocycles. The van der Waals surface area contributed by atoms with E-state index in [0.717, 1.165) is 21.2 Å². The molecule has 1 unspecified atom stereocenters. The first-order valence-corrected chi connectivity index (χ1v) is 7.01. The van der Waals surface area contributed by atoms with Crippen molar-refractivity contribution in [3.8, 4) is 0 Å². The van der Waals surface area contributed by atoms with Crippen LogP contribution in [0.25, 0.3) is 0 Å². The van der Waals surface area contributed by atoms with Gasteiger partial charge in [0.15, 0.2) is 0 Å². The lowest BCUT2D eigenvalue weighted by Gasteiger charge is -2.16. The van der Waals surface area contributed by atoms with Gasteiger partial charge in [-0.25, -0.2) is 4.39 Å². The van der Waals surface area contributed by atoms with Gasteiger partial charge in [-0.2, -0.15) is 0 Å². The smallest absolute Gasteiger partial charge is 0.123 e. The average Bonchev–Trinajstić information content (AvgIpc) is 2.39. The van der Waals surface area contributed by atoms with E-state index in [1.807, 2.05) is 31.2 Å². The molecule has 2 rings (SSSR count). The van der Waals surface area contributed by atoms with Crippen LogP contribution in [0.3, 0.4) is 0 Å². The third-order valence-corrected chi connectivity index (χ3v) is 3.86. The second-order valence-electron chi connectivity index (χ2n) is 4.71. The van der Waals surface area contributed by atoms with E-state index in [-0.39, 0.29) is 18.3 Å². The minimum absolute atomic E-state index is 0.0391. The zero-order valence-corrected chi connectivity index (χ0v) is 12.3. The number of benzene rings is 2. The molecule has 2 aromatic carbocycles. The van der Waals surface area contributed by atoms with Gasteiger partial charge in [-0.15, -0.1) is 0 Å². The van der Waals surface area contributed by atoms with Crippen LogP contribution >= 0.6 is 15.9 Å². The first kappa shape index (κ1) is 14.2. The molecular formula is C16H16BrFO. The second kappa shape index (κ2) is 6.31. The molecule has 0 radical (unpaired) electrons. The molecule has 1 atom stereocenters. The molecular weight excluding hydrogens is 307 g/mol. The van der Waals surface area contributed by atoms with E-state index < -0.39 is 0 Å². The highest BCUT2D eigenvalue weighted by atomic mass is 79.9. The molecule has 3 heteroatoms. The van der Waals surface area contributed by atoms with Gasteiger partial charge in [0.2, 0.25) is 0 Å². The molecule has 0 aliphatic rings. The van der Waals surface area contributed by atoms with Gasteiger partial charge in [-0.05, 0) is 54.3 Å². The molecule has 19 heavy (non-hydrogen) atoms. The minimum atomic E-state index is -0.217. The monoisotopic (exact) mass is 322 g/mol. The molecule has 0 aromatic heterocycles. The predicted molar refractivity (Wildman–Crippen MR) is 78.8 cm³/mol. The Morgan fingerprint density at radius 3 is 2.42 bits per heavy atom. The van der Waals surface area contributed by atoms with Gasteiger partial charge in [0, 0.05) is 10.4 Å². The largest absolute Gasteiger partial charge is 0.396 e. The maximum absolute atomic E-state index is 13.1. The van der Waals surface area contributed by atoms with Crippen LogP contribution in [0, 0.1) is 12.7 Å². The second-order valence-corrected chi connectivity index (χ2v) is 5.62. The summed E-state index contributed by atoms with van der Waals surface area (Å²) in [4.78, 5) is 0. The number of hydrogen-bond donors (Lipinski definition) is 1. The zero-order valence-electron chi connectivity index (χ0n) is 10.7. The Morgan fingerprint density at radius 2 is 1.84 bits per heavy atom. The van der Waals surface area contributed by atoms with E-state index in [4.69, 9.17) is 0 Å². The molecule has 2 aromatic rings. The molecule has 0 spiro atoms. The van der Waals surface area contributed by atoms with Gasteiger partial charge in [0.1, 0.15) is 5.82 Å². The lowest BCUT2D eigenvalue weighted by atomic mass is 9.91. The summed E-state index contributed by atoms with van der Waals surface area (Å²) in [5.41, 5.74) is 3.09. The molecule has 0 aliphatic carbocycles. The van der Waals surface area contributed by atoms with Crippen LogP contribution in [0.2, 0.25) is 0 Å². The fraction of sp³-hybridized carbons (Fsp3) is 0.250. The number of aliphatic hydroxyl groups excluding tert-OH is 1. The van der Waals surface area contributed by atoms with Crippen LogP contribution < -0.4 is 0 Å². The summed E-state index contributed by atoms with van der Waals surface area (Å²) >= 11 is 3.40. The van der Waals surface area contributed by atoms with Crippen molar-refractivity contribution in [1.29, 1.82) is 0 Å². The molecule has 0 aliphatic heterocycles. The van der Waals surface area contributed by atoms with Crippen LogP contribution in [-0.2, 0) is 6.42 Å². The Hall–Kier alpha value is -1.19. The van der Waals surface area contributed by atoms with Gasteiger partial charge in [0.05, 0.1) is 6.61 Å². The number of halogens is 2. The molecule has 0 saturated carbocycles. The van der Waals surface area contributed by atoms with E-state index in [2.05, 4.69) is 15.9 Å². The number of aryl methyl sites for hydroxylation is 1. The van der Waals surface area contributed by atoms with Gasteiger partial charge >= 0.3 is 0 Å². The summed E-state index contributed by atoms with van der Waals surface area (Å²) in [6.07, 6.45) is 0.713. The summed E-state index contributed by atoms with van der Waals surface area (Å²) < 4.78 is 14.1. The number of aliphatic hydroxyl groups is 1. The maximum Gasteiger partial charge on any atom is 0.123 e. The van der Waals surface area contributed by atoms with Gasteiger partial charge in [-0.3, -0.25) is 0 Å². The fourth-order valence-electron chi connectivity index (χ4n) is 2.18. The molecule has 1 nitrogen and oxygen atoms in total. The van der Waals surface area contributed by atoms with Crippen molar-refractivity contribution in [1.82, 2.24) is 0 Å². The summed E-state index contributed by atoms with van der Waals surface area (Å²) in [6.45, 7) is 1.98. The van der Waals surface area contributed by atoms with Crippen molar-refractivity contribution in [2.45, 2.75) is 19.3 Å². The Balaban J connectivity index is 2.21. The normalized spacial score (nSPS) is 12.4. The van der Waals surface area contributed by atoms with Crippen LogP contribution in [-0.4, -0.2) is 11.7 Å². The lowest BCUT2D eigenvalue weighted by molar-refractivity contribution is 0.264. The molecule has 100 valence electrons. The minimum Gasteiger partial charge on any atom is -0.396 e. The fourth-order valence-corrected chi connectivity index (χ4v) is 2.44. The average molecular weight is 323 g/mol. The summed E-state index contributed by atoms with van der Waals surface area (Å²) in [6, 6.07) is 12.7. The molecule has 0 fully saturated rings. The third kappa shape index (κ3) is 3.64. The first-order valence-electron chi connectivity index (χ1n) is 6.21. The van der Waals surface area contributed by atoms with Crippen molar-refractivity contribution in [3.63, 3.8) is 0 Å². The summed E-state index contributed by atoms with van der Waals surface area (Å²) in [5.74, 6) is -0.178. The van der Waals surface area contributed by atoms with Crippen molar-refractivity contribution in [3.05, 3.63) is 69.4 Å². The van der Waals surface area contributed by atoms with Crippen LogP contribution in [0.15, 0.2) is 46.9 Å². The standard InChI is InChI=1S/C16H16BrFO/c1-11-8-16(18)7-4-13(11)9-14(10-19)12-2-5-15(17)6-3-12/h2-8,14,19H,9-10H2,1H3. The first-order chi connectivity index (χ1) is 9.10. The summed E-state index contributed by atoms with van der Waals surface area (Å²) in [7, 11) is 0. The summed E-state index contributed by atoms with van der Waals surface area (Å²) in [5, 5.41) is 9.57. The van der Waals surface area contributed by atoms with E-state index in [9.17, 15) is 9.50 Å². The van der Waals surface area contributed by atoms with Crippen molar-refractivity contribution >= 4 is 15.9 Å². The SMILES string of the molecule is Cc1cc(F)ccc1CC(CO)c1ccc(Br)cc1. The molecule has 0 amide bonds. The quantitative estimate of drug-likeness (QED) is 0.893. The molecule has 0 heterocycles. The van der Waals surface area contributed by atoms with Gasteiger partial charge < -0.3 is 5.11 Å². The van der Waals surface area contributed by atoms with Crippen molar-refractivity contribution in [2.24, 2.45) is 0 Å². The van der Waals surface area contributed by atoms with Gasteiger partial charge in [0.25, 0.3) is 0 Å². The Kier molecular flexibility index (Phi) is 4.72. The van der Waals surface area contributed by atoms with E-state index >= 15 is 0 Å². The lowest BCUT2D eigenvalue weighted by Crippen LogP contribution is -2.08. The van der Waals surface area contributed by atoms with Crippen LogP contribution in [0.5, 0.6) is 0 Å². The Bertz CT molecular complexity index is 551. The highest BCUT2D eigenvalue weighted by Crippen LogP contribution is 2.24. The zero-order chi connectivity index (χ0) is 13.8. The highest BCUT2D eigenvalue weighted by molar-refractivity contribution is 9.10. The molecule has 1 N–H and O–H groups in total. The number of rotatable bonds is 4. The Labute approximate surface area is 121 Å². The maximum atomic E-state index is 13.1. The highest BCUT2D eigenvalue weighted by Gasteiger charge is 2.13. The van der Waals surface area contributed by atoms with Crippen molar-refractivity contribution < 1.29 is 9.50 Å². The topological polar surface area (TPSA) is 20.2 Å². The van der Waals surface area contributed by atoms with E-state index in [0.29, 0.717) is 6.42 Å². The number of hydrogen-bond acceptors (Lipinski definition) is 1. The van der Waals surface area contributed by atoms with Crippen LogP contribution in [0.4, 0.5) is 4.39 Å². The molecule has 0 bridgehead atoms. The van der Waals surface area contributed by atoms with Gasteiger partial charge in [-0.1, -0.05) is 34.1 Å².